The molecule has 1 aromatic rings. The van der Waals surface area contributed by atoms with Crippen molar-refractivity contribution in [2.45, 2.75) is 20.0 Å². The van der Waals surface area contributed by atoms with Crippen LogP contribution in [0.3, 0.4) is 0 Å². The van der Waals surface area contributed by atoms with Crippen molar-refractivity contribution in [3.05, 3.63) is 22.8 Å². The Morgan fingerprint density at radius 1 is 1.24 bits per heavy atom. The highest BCUT2D eigenvalue weighted by atomic mass is 35.5. The van der Waals surface area contributed by atoms with Gasteiger partial charge >= 0.3 is 6.18 Å². The first-order chi connectivity index (χ1) is 9.77. The second-order valence-corrected chi connectivity index (χ2v) is 6.12. The van der Waals surface area contributed by atoms with Gasteiger partial charge < -0.3 is 4.90 Å². The highest BCUT2D eigenvalue weighted by Gasteiger charge is 2.32. The summed E-state index contributed by atoms with van der Waals surface area (Å²) in [6.07, 6.45) is -3.56. The SMILES string of the molecule is CC(C)CN1CCN(c2ncc(C(F)(F)F)cc2Cl)CC1. The number of anilines is 1. The topological polar surface area (TPSA) is 19.4 Å². The Hall–Kier alpha value is -1.01. The first-order valence-electron chi connectivity index (χ1n) is 6.97. The summed E-state index contributed by atoms with van der Waals surface area (Å²) >= 11 is 5.97. The molecule has 1 aliphatic rings. The van der Waals surface area contributed by atoms with E-state index in [0.29, 0.717) is 11.7 Å². The highest BCUT2D eigenvalue weighted by molar-refractivity contribution is 6.33. The Balaban J connectivity index is 2.04. The maximum Gasteiger partial charge on any atom is 0.417 e. The zero-order valence-electron chi connectivity index (χ0n) is 12.1. The molecular weight excluding hydrogens is 303 g/mol. The first-order valence-corrected chi connectivity index (χ1v) is 7.35. The van der Waals surface area contributed by atoms with Crippen LogP contribution >= 0.6 is 11.6 Å². The summed E-state index contributed by atoms with van der Waals surface area (Å²) in [4.78, 5) is 8.20. The van der Waals surface area contributed by atoms with Crippen LogP contribution in [0.25, 0.3) is 0 Å². The fourth-order valence-electron chi connectivity index (χ4n) is 2.48. The van der Waals surface area contributed by atoms with E-state index in [2.05, 4.69) is 23.7 Å². The monoisotopic (exact) mass is 321 g/mol. The van der Waals surface area contributed by atoms with Crippen molar-refractivity contribution in [3.63, 3.8) is 0 Å². The summed E-state index contributed by atoms with van der Waals surface area (Å²) in [5.74, 6) is 1.04. The van der Waals surface area contributed by atoms with Gasteiger partial charge in [-0.1, -0.05) is 25.4 Å². The number of aromatic nitrogens is 1. The maximum atomic E-state index is 12.6. The molecule has 1 aromatic heterocycles. The van der Waals surface area contributed by atoms with Gasteiger partial charge in [-0.05, 0) is 12.0 Å². The number of rotatable bonds is 3. The van der Waals surface area contributed by atoms with Gasteiger partial charge in [0.15, 0.2) is 0 Å². The predicted molar refractivity (Wildman–Crippen MR) is 77.7 cm³/mol. The van der Waals surface area contributed by atoms with Crippen LogP contribution in [0.1, 0.15) is 19.4 Å². The van der Waals surface area contributed by atoms with Crippen molar-refractivity contribution < 1.29 is 13.2 Å². The molecule has 0 atom stereocenters. The normalized spacial score (nSPS) is 17.6. The maximum absolute atomic E-state index is 12.6. The lowest BCUT2D eigenvalue weighted by molar-refractivity contribution is -0.137. The third-order valence-corrected chi connectivity index (χ3v) is 3.72. The van der Waals surface area contributed by atoms with Gasteiger partial charge in [-0.15, -0.1) is 0 Å². The van der Waals surface area contributed by atoms with Crippen molar-refractivity contribution in [2.75, 3.05) is 37.6 Å². The molecule has 1 fully saturated rings. The van der Waals surface area contributed by atoms with Gasteiger partial charge in [0.2, 0.25) is 0 Å². The average Bonchev–Trinajstić information content (AvgIpc) is 2.38. The number of piperazine rings is 1. The second kappa shape index (κ2) is 6.40. The quantitative estimate of drug-likeness (QED) is 0.849. The van der Waals surface area contributed by atoms with Gasteiger partial charge in [-0.3, -0.25) is 4.90 Å². The zero-order chi connectivity index (χ0) is 15.6. The fourth-order valence-corrected chi connectivity index (χ4v) is 2.76. The summed E-state index contributed by atoms with van der Waals surface area (Å²) in [5.41, 5.74) is -0.810. The number of hydrogen-bond acceptors (Lipinski definition) is 3. The summed E-state index contributed by atoms with van der Waals surface area (Å²) in [6.45, 7) is 8.56. The van der Waals surface area contributed by atoms with Crippen LogP contribution < -0.4 is 4.90 Å². The molecule has 0 unspecified atom stereocenters. The molecule has 118 valence electrons. The van der Waals surface area contributed by atoms with Crippen LogP contribution in [0, 0.1) is 5.92 Å². The molecule has 1 aliphatic heterocycles. The smallest absolute Gasteiger partial charge is 0.353 e. The van der Waals surface area contributed by atoms with E-state index in [9.17, 15) is 13.2 Å². The minimum Gasteiger partial charge on any atom is -0.353 e. The van der Waals surface area contributed by atoms with Gasteiger partial charge in [-0.25, -0.2) is 4.98 Å². The average molecular weight is 322 g/mol. The van der Waals surface area contributed by atoms with E-state index in [1.165, 1.54) is 0 Å². The Labute approximate surface area is 127 Å². The van der Waals surface area contributed by atoms with Crippen LogP contribution in [0.2, 0.25) is 5.02 Å². The molecule has 7 heteroatoms. The van der Waals surface area contributed by atoms with Crippen molar-refractivity contribution in [3.8, 4) is 0 Å². The molecule has 0 spiro atoms. The van der Waals surface area contributed by atoms with Gasteiger partial charge in [0, 0.05) is 38.9 Å². The van der Waals surface area contributed by atoms with E-state index in [1.54, 1.807) is 0 Å². The second-order valence-electron chi connectivity index (χ2n) is 5.71. The summed E-state index contributed by atoms with van der Waals surface area (Å²) < 4.78 is 37.8. The van der Waals surface area contributed by atoms with Gasteiger partial charge in [-0.2, -0.15) is 13.2 Å². The van der Waals surface area contributed by atoms with Crippen molar-refractivity contribution in [1.82, 2.24) is 9.88 Å². The van der Waals surface area contributed by atoms with Crippen molar-refractivity contribution >= 4 is 17.4 Å². The Morgan fingerprint density at radius 2 is 1.86 bits per heavy atom. The molecule has 0 amide bonds. The van der Waals surface area contributed by atoms with Gasteiger partial charge in [0.05, 0.1) is 10.6 Å². The number of pyridine rings is 1. The van der Waals surface area contributed by atoms with E-state index in [1.807, 2.05) is 4.90 Å². The van der Waals surface area contributed by atoms with Crippen LogP contribution in [0.5, 0.6) is 0 Å². The van der Waals surface area contributed by atoms with Crippen LogP contribution in [0.4, 0.5) is 19.0 Å². The molecule has 2 rings (SSSR count). The van der Waals surface area contributed by atoms with E-state index in [-0.39, 0.29) is 5.02 Å². The molecule has 0 aliphatic carbocycles. The summed E-state index contributed by atoms with van der Waals surface area (Å²) in [6, 6.07) is 0.949. The lowest BCUT2D eigenvalue weighted by Gasteiger charge is -2.36. The van der Waals surface area contributed by atoms with Crippen LogP contribution in [-0.4, -0.2) is 42.6 Å². The van der Waals surface area contributed by atoms with E-state index < -0.39 is 11.7 Å². The summed E-state index contributed by atoms with van der Waals surface area (Å²) in [7, 11) is 0. The number of halogens is 4. The Kier molecular flexibility index (Phi) is 4.99. The molecule has 0 bridgehead atoms. The lowest BCUT2D eigenvalue weighted by Crippen LogP contribution is -2.47. The minimum atomic E-state index is -4.41. The summed E-state index contributed by atoms with van der Waals surface area (Å²) in [5, 5.41) is 0.0575. The van der Waals surface area contributed by atoms with E-state index in [4.69, 9.17) is 11.6 Å². The third kappa shape index (κ3) is 4.23. The molecule has 21 heavy (non-hydrogen) atoms. The largest absolute Gasteiger partial charge is 0.417 e. The predicted octanol–water partition coefficient (Wildman–Crippen LogP) is 3.53. The molecule has 2 heterocycles. The number of hydrogen-bond donors (Lipinski definition) is 0. The number of alkyl halides is 3. The van der Waals surface area contributed by atoms with Crippen LogP contribution in [-0.2, 0) is 6.18 Å². The van der Waals surface area contributed by atoms with Crippen molar-refractivity contribution in [1.29, 1.82) is 0 Å². The number of nitrogens with zero attached hydrogens (tertiary/aromatic N) is 3. The zero-order valence-corrected chi connectivity index (χ0v) is 12.9. The molecule has 3 nitrogen and oxygen atoms in total. The van der Waals surface area contributed by atoms with Gasteiger partial charge in [0.25, 0.3) is 0 Å². The van der Waals surface area contributed by atoms with Crippen LogP contribution in [0.15, 0.2) is 12.3 Å². The molecule has 0 N–H and O–H groups in total. The third-order valence-electron chi connectivity index (χ3n) is 3.44. The Morgan fingerprint density at radius 3 is 2.33 bits per heavy atom. The van der Waals surface area contributed by atoms with E-state index in [0.717, 1.165) is 45.0 Å². The minimum absolute atomic E-state index is 0.0575. The van der Waals surface area contributed by atoms with E-state index >= 15 is 0 Å². The lowest BCUT2D eigenvalue weighted by atomic mass is 10.2. The highest BCUT2D eigenvalue weighted by Crippen LogP contribution is 2.33. The standard InChI is InChI=1S/C14H19ClF3N3/c1-10(2)9-20-3-5-21(6-4-20)13-12(15)7-11(8-19-13)14(16,17)18/h7-8,10H,3-6,9H2,1-2H3. The molecular formula is C14H19ClF3N3. The van der Waals surface area contributed by atoms with Crippen molar-refractivity contribution in [2.24, 2.45) is 5.92 Å². The molecule has 0 aromatic carbocycles. The molecule has 1 saturated heterocycles. The Bertz CT molecular complexity index is 483. The molecule has 0 saturated carbocycles. The fraction of sp³-hybridized carbons (Fsp3) is 0.643. The van der Waals surface area contributed by atoms with Gasteiger partial charge in [0.1, 0.15) is 5.82 Å². The molecule has 0 radical (unpaired) electrons. The first kappa shape index (κ1) is 16.4.